The third-order valence-corrected chi connectivity index (χ3v) is 7.53. The van der Waals surface area contributed by atoms with Crippen LogP contribution in [-0.4, -0.2) is 53.7 Å². The van der Waals surface area contributed by atoms with E-state index in [9.17, 15) is 19.5 Å². The standard InChI is InChI=1S/C28H34N2O5/c1-27(2,16-24(31)30(3)28(25(32)33)14-8-9-15-28)18-29-26(34)35-17-23-21-12-6-4-10-19(21)20-11-5-7-13-22(20)23/h4-7,10-13,23H,8-9,14-18H2,1-3H3,(H,29,34)(H,32,33). The van der Waals surface area contributed by atoms with Gasteiger partial charge in [0.05, 0.1) is 0 Å². The minimum Gasteiger partial charge on any atom is -0.479 e. The Morgan fingerprint density at radius 3 is 2.11 bits per heavy atom. The van der Waals surface area contributed by atoms with E-state index in [0.29, 0.717) is 12.8 Å². The van der Waals surface area contributed by atoms with Crippen LogP contribution in [0.15, 0.2) is 48.5 Å². The van der Waals surface area contributed by atoms with E-state index in [-0.39, 0.29) is 31.4 Å². The summed E-state index contributed by atoms with van der Waals surface area (Å²) in [5, 5.41) is 12.6. The van der Waals surface area contributed by atoms with Gasteiger partial charge in [-0.1, -0.05) is 75.2 Å². The lowest BCUT2D eigenvalue weighted by atomic mass is 9.87. The molecule has 2 aliphatic rings. The summed E-state index contributed by atoms with van der Waals surface area (Å²) in [6, 6.07) is 16.3. The van der Waals surface area contributed by atoms with Crippen molar-refractivity contribution >= 4 is 18.0 Å². The molecule has 0 saturated heterocycles. The number of carbonyl (C=O) groups is 3. The molecule has 0 aromatic heterocycles. The average Bonchev–Trinajstić information content (AvgIpc) is 3.45. The van der Waals surface area contributed by atoms with Gasteiger partial charge in [-0.3, -0.25) is 4.79 Å². The second-order valence-electron chi connectivity index (χ2n) is 10.5. The Bertz CT molecular complexity index is 1070. The molecular weight excluding hydrogens is 444 g/mol. The molecule has 0 aliphatic heterocycles. The van der Waals surface area contributed by atoms with Crippen LogP contribution < -0.4 is 5.32 Å². The van der Waals surface area contributed by atoms with Crippen LogP contribution in [0.2, 0.25) is 0 Å². The largest absolute Gasteiger partial charge is 0.479 e. The number of alkyl carbamates (subject to hydrolysis) is 1. The van der Waals surface area contributed by atoms with Crippen molar-refractivity contribution < 1.29 is 24.2 Å². The molecule has 0 heterocycles. The van der Waals surface area contributed by atoms with Crippen LogP contribution >= 0.6 is 0 Å². The molecule has 0 bridgehead atoms. The number of ether oxygens (including phenoxy) is 1. The maximum Gasteiger partial charge on any atom is 0.407 e. The Morgan fingerprint density at radius 2 is 1.57 bits per heavy atom. The third kappa shape index (κ3) is 4.90. The molecule has 0 atom stereocenters. The molecular formula is C28H34N2O5. The summed E-state index contributed by atoms with van der Waals surface area (Å²) in [6.45, 7) is 4.22. The van der Waals surface area contributed by atoms with Crippen molar-refractivity contribution in [2.45, 2.75) is 57.4 Å². The molecule has 2 amide bonds. The van der Waals surface area contributed by atoms with Gasteiger partial charge in [0.2, 0.25) is 5.91 Å². The van der Waals surface area contributed by atoms with Crippen LogP contribution in [0.25, 0.3) is 11.1 Å². The summed E-state index contributed by atoms with van der Waals surface area (Å²) < 4.78 is 5.59. The number of benzene rings is 2. The van der Waals surface area contributed by atoms with E-state index < -0.39 is 23.0 Å². The van der Waals surface area contributed by atoms with Gasteiger partial charge >= 0.3 is 12.1 Å². The SMILES string of the molecule is CN(C(=O)CC(C)(C)CNC(=O)OCC1c2ccccc2-c2ccccc21)C1(C(=O)O)CCCC1. The lowest BCUT2D eigenvalue weighted by Crippen LogP contribution is -2.54. The summed E-state index contributed by atoms with van der Waals surface area (Å²) in [4.78, 5) is 38.8. The van der Waals surface area contributed by atoms with E-state index in [0.717, 1.165) is 24.0 Å². The van der Waals surface area contributed by atoms with E-state index in [1.165, 1.54) is 16.0 Å². The maximum atomic E-state index is 13.0. The van der Waals surface area contributed by atoms with Gasteiger partial charge in [0.15, 0.2) is 0 Å². The van der Waals surface area contributed by atoms with E-state index in [2.05, 4.69) is 29.6 Å². The highest BCUT2D eigenvalue weighted by Gasteiger charge is 2.47. The molecule has 2 N–H and O–H groups in total. The van der Waals surface area contributed by atoms with Crippen molar-refractivity contribution in [3.05, 3.63) is 59.7 Å². The van der Waals surface area contributed by atoms with Crippen molar-refractivity contribution in [3.63, 3.8) is 0 Å². The first kappa shape index (κ1) is 24.8. The van der Waals surface area contributed by atoms with Crippen molar-refractivity contribution in [2.75, 3.05) is 20.2 Å². The molecule has 7 heteroatoms. The molecule has 1 fully saturated rings. The van der Waals surface area contributed by atoms with Crippen LogP contribution in [-0.2, 0) is 14.3 Å². The lowest BCUT2D eigenvalue weighted by Gasteiger charge is -2.37. The van der Waals surface area contributed by atoms with Gasteiger partial charge in [0.25, 0.3) is 0 Å². The van der Waals surface area contributed by atoms with Gasteiger partial charge in [0.1, 0.15) is 12.1 Å². The molecule has 186 valence electrons. The Morgan fingerprint density at radius 1 is 1.03 bits per heavy atom. The number of aliphatic carboxylic acids is 1. The topological polar surface area (TPSA) is 95.9 Å². The number of carboxylic acid groups (broad SMARTS) is 1. The summed E-state index contributed by atoms with van der Waals surface area (Å²) in [5.74, 6) is -1.19. The van der Waals surface area contributed by atoms with E-state index in [1.807, 2.05) is 38.1 Å². The highest BCUT2D eigenvalue weighted by Crippen LogP contribution is 2.44. The fourth-order valence-corrected chi connectivity index (χ4v) is 5.44. The predicted molar refractivity (Wildman–Crippen MR) is 133 cm³/mol. The van der Waals surface area contributed by atoms with Crippen LogP contribution in [0.3, 0.4) is 0 Å². The number of nitrogens with zero attached hydrogens (tertiary/aromatic N) is 1. The first-order valence-electron chi connectivity index (χ1n) is 12.2. The summed E-state index contributed by atoms with van der Waals surface area (Å²) >= 11 is 0. The van der Waals surface area contributed by atoms with E-state index >= 15 is 0 Å². The number of nitrogens with one attached hydrogen (secondary N) is 1. The lowest BCUT2D eigenvalue weighted by molar-refractivity contribution is -0.158. The summed E-state index contributed by atoms with van der Waals surface area (Å²) in [7, 11) is 1.58. The van der Waals surface area contributed by atoms with Gasteiger partial charge in [-0.2, -0.15) is 0 Å². The van der Waals surface area contributed by atoms with Gasteiger partial charge in [-0.15, -0.1) is 0 Å². The van der Waals surface area contributed by atoms with Crippen molar-refractivity contribution in [1.29, 1.82) is 0 Å². The molecule has 0 unspecified atom stereocenters. The molecule has 0 radical (unpaired) electrons. The molecule has 1 saturated carbocycles. The van der Waals surface area contributed by atoms with Gasteiger partial charge < -0.3 is 20.1 Å². The number of hydrogen-bond acceptors (Lipinski definition) is 4. The monoisotopic (exact) mass is 478 g/mol. The zero-order chi connectivity index (χ0) is 25.2. The van der Waals surface area contributed by atoms with E-state index in [1.54, 1.807) is 7.05 Å². The molecule has 2 aromatic rings. The first-order chi connectivity index (χ1) is 16.6. The minimum absolute atomic E-state index is 0.0185. The second-order valence-corrected chi connectivity index (χ2v) is 10.5. The van der Waals surface area contributed by atoms with Crippen LogP contribution in [0, 0.1) is 5.41 Å². The molecule has 2 aromatic carbocycles. The number of carboxylic acids is 1. The van der Waals surface area contributed by atoms with Crippen LogP contribution in [0.4, 0.5) is 4.79 Å². The highest BCUT2D eigenvalue weighted by atomic mass is 16.5. The van der Waals surface area contributed by atoms with Crippen molar-refractivity contribution in [2.24, 2.45) is 5.41 Å². The van der Waals surface area contributed by atoms with Crippen molar-refractivity contribution in [1.82, 2.24) is 10.2 Å². The molecule has 0 spiro atoms. The van der Waals surface area contributed by atoms with Gasteiger partial charge in [-0.25, -0.2) is 9.59 Å². The maximum absolute atomic E-state index is 13.0. The number of amides is 2. The highest BCUT2D eigenvalue weighted by molar-refractivity contribution is 5.87. The second kappa shape index (κ2) is 9.72. The molecule has 2 aliphatic carbocycles. The number of rotatable bonds is 8. The number of fused-ring (bicyclic) bond motifs is 3. The Kier molecular flexibility index (Phi) is 6.88. The first-order valence-corrected chi connectivity index (χ1v) is 12.2. The summed E-state index contributed by atoms with van der Waals surface area (Å²) in [6.07, 6.45) is 2.15. The van der Waals surface area contributed by atoms with Crippen LogP contribution in [0.5, 0.6) is 0 Å². The Hall–Kier alpha value is -3.35. The predicted octanol–water partition coefficient (Wildman–Crippen LogP) is 4.80. The average molecular weight is 479 g/mol. The molecule has 4 rings (SSSR count). The Balaban J connectivity index is 1.32. The fraction of sp³-hybridized carbons (Fsp3) is 0.464. The third-order valence-electron chi connectivity index (χ3n) is 7.53. The van der Waals surface area contributed by atoms with E-state index in [4.69, 9.17) is 4.74 Å². The quantitative estimate of drug-likeness (QED) is 0.568. The zero-order valence-corrected chi connectivity index (χ0v) is 20.7. The Labute approximate surface area is 206 Å². The smallest absolute Gasteiger partial charge is 0.407 e. The minimum atomic E-state index is -1.12. The number of likely N-dealkylation sites (N-methyl/N-ethyl adjacent to an activating group) is 1. The molecule has 7 nitrogen and oxygen atoms in total. The number of hydrogen-bond donors (Lipinski definition) is 2. The van der Waals surface area contributed by atoms with Gasteiger partial charge in [-0.05, 0) is 40.5 Å². The van der Waals surface area contributed by atoms with Crippen LogP contribution in [0.1, 0.15) is 63.0 Å². The normalized spacial score (nSPS) is 16.3. The van der Waals surface area contributed by atoms with Crippen molar-refractivity contribution in [3.8, 4) is 11.1 Å². The fourth-order valence-electron chi connectivity index (χ4n) is 5.44. The van der Waals surface area contributed by atoms with Gasteiger partial charge in [0, 0.05) is 25.9 Å². The zero-order valence-electron chi connectivity index (χ0n) is 20.7. The summed E-state index contributed by atoms with van der Waals surface area (Å²) in [5.41, 5.74) is 2.96. The molecule has 35 heavy (non-hydrogen) atoms. The number of carbonyl (C=O) groups excluding carboxylic acids is 2.